The number of anilines is 1. The number of benzene rings is 2. The van der Waals surface area contributed by atoms with Gasteiger partial charge in [-0.05, 0) is 35.4 Å². The van der Waals surface area contributed by atoms with Crippen LogP contribution in [0.4, 0.5) is 5.69 Å². The van der Waals surface area contributed by atoms with Crippen LogP contribution in [0, 0.1) is 11.3 Å². The van der Waals surface area contributed by atoms with E-state index in [1.807, 2.05) is 24.3 Å². The van der Waals surface area contributed by atoms with Crippen LogP contribution in [0.5, 0.6) is 5.75 Å². The van der Waals surface area contributed by atoms with E-state index in [0.29, 0.717) is 35.2 Å². The Hall–Kier alpha value is -3.36. The molecule has 0 atom stereocenters. The van der Waals surface area contributed by atoms with E-state index in [1.54, 1.807) is 41.6 Å². The number of pyridine rings is 1. The van der Waals surface area contributed by atoms with Gasteiger partial charge in [0, 0.05) is 16.8 Å². The lowest BCUT2D eigenvalue weighted by Crippen LogP contribution is -2.39. The highest BCUT2D eigenvalue weighted by Gasteiger charge is 2.26. The van der Waals surface area contributed by atoms with Crippen molar-refractivity contribution in [2.75, 3.05) is 18.1 Å². The smallest absolute Gasteiger partial charge is 0.231 e. The number of nitrogens with zero attached hydrogens (tertiary/aromatic N) is 3. The summed E-state index contributed by atoms with van der Waals surface area (Å²) in [4.78, 5) is 18.9. The van der Waals surface area contributed by atoms with E-state index < -0.39 is 0 Å². The normalized spacial score (nSPS) is 12.6. The van der Waals surface area contributed by atoms with Crippen LogP contribution in [0.3, 0.4) is 0 Å². The Kier molecular flexibility index (Phi) is 4.96. The number of rotatable bonds is 3. The highest BCUT2D eigenvalue weighted by atomic mass is 35.5. The number of nitriles is 1. The number of aromatic nitrogens is 1. The van der Waals surface area contributed by atoms with Gasteiger partial charge in [0.25, 0.3) is 0 Å². The highest BCUT2D eigenvalue weighted by molar-refractivity contribution is 6.30. The molecule has 0 fully saturated rings. The van der Waals surface area contributed by atoms with E-state index in [-0.39, 0.29) is 12.3 Å². The Morgan fingerprint density at radius 3 is 2.61 bits per heavy atom. The Morgan fingerprint density at radius 2 is 1.89 bits per heavy atom. The van der Waals surface area contributed by atoms with Crippen LogP contribution in [-0.4, -0.2) is 24.0 Å². The van der Waals surface area contributed by atoms with Gasteiger partial charge in [0.15, 0.2) is 5.75 Å². The molecule has 0 unspecified atom stereocenters. The standard InChI is InChI=1S/C22H16ClN3O2/c23-18-7-3-15(4-8-18)11-21(27)26-9-10-28-22-19(13-25-14-20(22)26)17-5-1-16(12-24)2-6-17/h1-8,13-14H,9-11H2. The van der Waals surface area contributed by atoms with Gasteiger partial charge in [-0.3, -0.25) is 9.78 Å². The van der Waals surface area contributed by atoms with Gasteiger partial charge in [-0.15, -0.1) is 0 Å². The number of fused-ring (bicyclic) bond motifs is 1. The first-order valence-corrected chi connectivity index (χ1v) is 9.19. The van der Waals surface area contributed by atoms with Crippen LogP contribution >= 0.6 is 11.6 Å². The molecule has 0 bridgehead atoms. The van der Waals surface area contributed by atoms with Gasteiger partial charge >= 0.3 is 0 Å². The van der Waals surface area contributed by atoms with Crippen molar-refractivity contribution in [3.63, 3.8) is 0 Å². The molecule has 1 amide bonds. The van der Waals surface area contributed by atoms with Gasteiger partial charge < -0.3 is 9.64 Å². The fraction of sp³-hybridized carbons (Fsp3) is 0.136. The number of ether oxygens (including phenoxy) is 1. The maximum absolute atomic E-state index is 12.9. The van der Waals surface area contributed by atoms with Crippen molar-refractivity contribution < 1.29 is 9.53 Å². The van der Waals surface area contributed by atoms with Crippen molar-refractivity contribution in [3.8, 4) is 22.9 Å². The molecule has 0 radical (unpaired) electrons. The molecule has 2 aromatic carbocycles. The summed E-state index contributed by atoms with van der Waals surface area (Å²) in [5, 5.41) is 9.63. The number of amides is 1. The zero-order valence-electron chi connectivity index (χ0n) is 14.9. The molecule has 1 aliphatic rings. The summed E-state index contributed by atoms with van der Waals surface area (Å²) in [5.41, 5.74) is 3.83. The van der Waals surface area contributed by atoms with Crippen molar-refractivity contribution in [2.45, 2.75) is 6.42 Å². The zero-order valence-corrected chi connectivity index (χ0v) is 15.7. The summed E-state index contributed by atoms with van der Waals surface area (Å²) >= 11 is 5.92. The Labute approximate surface area is 167 Å². The first kappa shape index (κ1) is 18.0. The molecule has 0 N–H and O–H groups in total. The quantitative estimate of drug-likeness (QED) is 0.672. The summed E-state index contributed by atoms with van der Waals surface area (Å²) in [6.45, 7) is 0.880. The van der Waals surface area contributed by atoms with Crippen molar-refractivity contribution in [1.29, 1.82) is 5.26 Å². The molecule has 0 spiro atoms. The van der Waals surface area contributed by atoms with Crippen LogP contribution in [-0.2, 0) is 11.2 Å². The van der Waals surface area contributed by atoms with Crippen molar-refractivity contribution >= 4 is 23.2 Å². The van der Waals surface area contributed by atoms with E-state index in [4.69, 9.17) is 21.6 Å². The molecular weight excluding hydrogens is 374 g/mol. The lowest BCUT2D eigenvalue weighted by atomic mass is 10.0. The Bertz CT molecular complexity index is 1060. The summed E-state index contributed by atoms with van der Waals surface area (Å²) in [6, 6.07) is 16.6. The average molecular weight is 390 g/mol. The van der Waals surface area contributed by atoms with Crippen molar-refractivity contribution in [1.82, 2.24) is 4.98 Å². The van der Waals surface area contributed by atoms with Gasteiger partial charge in [-0.1, -0.05) is 35.9 Å². The van der Waals surface area contributed by atoms with E-state index >= 15 is 0 Å². The van der Waals surface area contributed by atoms with E-state index in [2.05, 4.69) is 11.1 Å². The lowest BCUT2D eigenvalue weighted by Gasteiger charge is -2.30. The molecular formula is C22H16ClN3O2. The van der Waals surface area contributed by atoms with Crippen LogP contribution in [0.25, 0.3) is 11.1 Å². The van der Waals surface area contributed by atoms with Gasteiger partial charge in [-0.25, -0.2) is 0 Å². The maximum atomic E-state index is 12.9. The third kappa shape index (κ3) is 3.55. The molecule has 2 heterocycles. The molecule has 0 saturated heterocycles. The van der Waals surface area contributed by atoms with Gasteiger partial charge in [0.1, 0.15) is 12.3 Å². The second-order valence-corrected chi connectivity index (χ2v) is 6.86. The van der Waals surface area contributed by atoms with Crippen LogP contribution < -0.4 is 9.64 Å². The third-order valence-electron chi connectivity index (χ3n) is 4.62. The first-order chi connectivity index (χ1) is 13.7. The van der Waals surface area contributed by atoms with Crippen molar-refractivity contribution in [3.05, 3.63) is 77.1 Å². The van der Waals surface area contributed by atoms with Gasteiger partial charge in [-0.2, -0.15) is 5.26 Å². The molecule has 1 aliphatic heterocycles. The molecule has 0 aliphatic carbocycles. The number of carbonyl (C=O) groups is 1. The number of hydrogen-bond acceptors (Lipinski definition) is 4. The fourth-order valence-corrected chi connectivity index (χ4v) is 3.33. The molecule has 5 nitrogen and oxygen atoms in total. The topological polar surface area (TPSA) is 66.2 Å². The number of hydrogen-bond donors (Lipinski definition) is 0. The van der Waals surface area contributed by atoms with E-state index in [1.165, 1.54) is 0 Å². The molecule has 28 heavy (non-hydrogen) atoms. The molecule has 138 valence electrons. The minimum absolute atomic E-state index is 0.0225. The summed E-state index contributed by atoms with van der Waals surface area (Å²) in [5.74, 6) is 0.612. The molecule has 1 aromatic heterocycles. The summed E-state index contributed by atoms with van der Waals surface area (Å²) in [6.07, 6.45) is 3.65. The number of halogens is 1. The molecule has 4 rings (SSSR count). The van der Waals surface area contributed by atoms with Crippen LogP contribution in [0.15, 0.2) is 60.9 Å². The van der Waals surface area contributed by atoms with E-state index in [0.717, 1.165) is 16.7 Å². The lowest BCUT2D eigenvalue weighted by molar-refractivity contribution is -0.118. The SMILES string of the molecule is N#Cc1ccc(-c2cncc3c2OCCN3C(=O)Cc2ccc(Cl)cc2)cc1. The minimum Gasteiger partial charge on any atom is -0.489 e. The fourth-order valence-electron chi connectivity index (χ4n) is 3.20. The monoisotopic (exact) mass is 389 g/mol. The van der Waals surface area contributed by atoms with Crippen LogP contribution in [0.2, 0.25) is 5.02 Å². The highest BCUT2D eigenvalue weighted by Crippen LogP contribution is 2.40. The Balaban J connectivity index is 1.65. The molecule has 3 aromatic rings. The van der Waals surface area contributed by atoms with Gasteiger partial charge in [0.2, 0.25) is 5.91 Å². The average Bonchev–Trinajstić information content (AvgIpc) is 2.74. The van der Waals surface area contributed by atoms with Crippen LogP contribution in [0.1, 0.15) is 11.1 Å². The summed E-state index contributed by atoms with van der Waals surface area (Å²) in [7, 11) is 0. The third-order valence-corrected chi connectivity index (χ3v) is 4.88. The van der Waals surface area contributed by atoms with Gasteiger partial charge in [0.05, 0.1) is 30.8 Å². The molecule has 6 heteroatoms. The maximum Gasteiger partial charge on any atom is 0.231 e. The van der Waals surface area contributed by atoms with E-state index in [9.17, 15) is 4.79 Å². The predicted molar refractivity (Wildman–Crippen MR) is 107 cm³/mol. The summed E-state index contributed by atoms with van der Waals surface area (Å²) < 4.78 is 5.90. The molecule has 0 saturated carbocycles. The predicted octanol–water partition coefficient (Wildman–Crippen LogP) is 4.24. The first-order valence-electron chi connectivity index (χ1n) is 8.82. The minimum atomic E-state index is -0.0225. The number of carbonyl (C=O) groups excluding carboxylic acids is 1. The van der Waals surface area contributed by atoms with Crippen molar-refractivity contribution in [2.24, 2.45) is 0 Å². The zero-order chi connectivity index (χ0) is 19.5. The second-order valence-electron chi connectivity index (χ2n) is 6.42. The Morgan fingerprint density at radius 1 is 1.14 bits per heavy atom. The largest absolute Gasteiger partial charge is 0.489 e. The second kappa shape index (κ2) is 7.71.